The van der Waals surface area contributed by atoms with Crippen molar-refractivity contribution in [3.05, 3.63) is 65.7 Å². The average Bonchev–Trinajstić information content (AvgIpc) is 2.59. The summed E-state index contributed by atoms with van der Waals surface area (Å²) in [5.74, 6) is 0.794. The van der Waals surface area contributed by atoms with Crippen LogP contribution in [0.2, 0.25) is 0 Å². The number of rotatable bonds is 4. The van der Waals surface area contributed by atoms with Crippen molar-refractivity contribution in [1.82, 2.24) is 0 Å². The van der Waals surface area contributed by atoms with Crippen LogP contribution in [0.5, 0.6) is 5.75 Å². The Morgan fingerprint density at radius 3 is 2.09 bits per heavy atom. The molecule has 0 heterocycles. The van der Waals surface area contributed by atoms with Gasteiger partial charge in [0.1, 0.15) is 5.75 Å². The Labute approximate surface area is 128 Å². The van der Waals surface area contributed by atoms with Crippen molar-refractivity contribution in [2.24, 2.45) is 0 Å². The zero-order valence-electron chi connectivity index (χ0n) is 12.1. The van der Waals surface area contributed by atoms with E-state index < -0.39 is 0 Å². The van der Waals surface area contributed by atoms with Crippen LogP contribution in [0.3, 0.4) is 0 Å². The topological polar surface area (TPSA) is 43.4 Å². The largest absolute Gasteiger partial charge is 0.497 e. The molecule has 0 N–H and O–H groups in total. The summed E-state index contributed by atoms with van der Waals surface area (Å²) in [6.45, 7) is 0. The summed E-state index contributed by atoms with van der Waals surface area (Å²) >= 11 is 0. The van der Waals surface area contributed by atoms with Crippen molar-refractivity contribution >= 4 is 23.3 Å². The summed E-state index contributed by atoms with van der Waals surface area (Å²) in [6, 6.07) is 16.8. The summed E-state index contributed by atoms with van der Waals surface area (Å²) in [5, 5.41) is 2.06. The average molecular weight is 290 g/mol. The van der Waals surface area contributed by atoms with Crippen molar-refractivity contribution in [2.75, 3.05) is 7.11 Å². The molecule has 3 nitrogen and oxygen atoms in total. The van der Waals surface area contributed by atoms with Gasteiger partial charge in [0.05, 0.1) is 7.11 Å². The second kappa shape index (κ2) is 5.82. The van der Waals surface area contributed by atoms with Crippen molar-refractivity contribution in [3.63, 3.8) is 0 Å². The Bertz CT molecular complexity index is 839. The highest BCUT2D eigenvalue weighted by atomic mass is 16.5. The first-order chi connectivity index (χ1) is 10.8. The molecule has 0 bridgehead atoms. The zero-order valence-corrected chi connectivity index (χ0v) is 12.1. The molecule has 3 heteroatoms. The highest BCUT2D eigenvalue weighted by molar-refractivity contribution is 5.99. The Morgan fingerprint density at radius 2 is 1.45 bits per heavy atom. The molecule has 0 aliphatic carbocycles. The number of methoxy groups -OCH3 is 1. The summed E-state index contributed by atoms with van der Waals surface area (Å²) in [5.41, 5.74) is 2.54. The van der Waals surface area contributed by atoms with Crippen molar-refractivity contribution < 1.29 is 14.3 Å². The van der Waals surface area contributed by atoms with Crippen LogP contribution < -0.4 is 4.74 Å². The fourth-order valence-electron chi connectivity index (χ4n) is 2.62. The molecule has 0 aliphatic heterocycles. The van der Waals surface area contributed by atoms with E-state index in [0.717, 1.165) is 34.7 Å². The molecule has 0 atom stereocenters. The van der Waals surface area contributed by atoms with Gasteiger partial charge in [0, 0.05) is 16.7 Å². The number of hydrogen-bond donors (Lipinski definition) is 0. The standard InChI is InChI=1S/C19H14O3/c1-22-18-8-7-13-9-15(6-5-14(13)10-18)19-16(11-20)3-2-4-17(19)12-21/h2-12H,1H3. The molecule has 0 amide bonds. The first-order valence-electron chi connectivity index (χ1n) is 6.88. The van der Waals surface area contributed by atoms with Crippen molar-refractivity contribution in [3.8, 4) is 16.9 Å². The lowest BCUT2D eigenvalue weighted by atomic mass is 9.93. The van der Waals surface area contributed by atoms with Gasteiger partial charge in [0.25, 0.3) is 0 Å². The van der Waals surface area contributed by atoms with E-state index in [0.29, 0.717) is 16.7 Å². The van der Waals surface area contributed by atoms with E-state index in [1.165, 1.54) is 0 Å². The monoisotopic (exact) mass is 290 g/mol. The van der Waals surface area contributed by atoms with Crippen LogP contribution in [0.25, 0.3) is 21.9 Å². The van der Waals surface area contributed by atoms with Crippen LogP contribution in [0, 0.1) is 0 Å². The minimum Gasteiger partial charge on any atom is -0.497 e. The molecule has 0 spiro atoms. The molecule has 108 valence electrons. The second-order valence-corrected chi connectivity index (χ2v) is 4.98. The molecule has 0 saturated carbocycles. The maximum Gasteiger partial charge on any atom is 0.150 e. The molecule has 0 aliphatic rings. The molecule has 0 unspecified atom stereocenters. The molecule has 3 rings (SSSR count). The Hall–Kier alpha value is -2.94. The Morgan fingerprint density at radius 1 is 0.818 bits per heavy atom. The van der Waals surface area contributed by atoms with Gasteiger partial charge in [-0.25, -0.2) is 0 Å². The molecular weight excluding hydrogens is 276 g/mol. The van der Waals surface area contributed by atoms with E-state index in [2.05, 4.69) is 0 Å². The van der Waals surface area contributed by atoms with Crippen molar-refractivity contribution in [2.45, 2.75) is 0 Å². The van der Waals surface area contributed by atoms with Gasteiger partial charge in [0.2, 0.25) is 0 Å². The van der Waals surface area contributed by atoms with E-state index in [1.54, 1.807) is 25.3 Å². The van der Waals surface area contributed by atoms with E-state index in [1.807, 2.05) is 36.4 Å². The molecule has 22 heavy (non-hydrogen) atoms. The van der Waals surface area contributed by atoms with Crippen molar-refractivity contribution in [1.29, 1.82) is 0 Å². The summed E-state index contributed by atoms with van der Waals surface area (Å²) in [6.07, 6.45) is 1.56. The van der Waals surface area contributed by atoms with Gasteiger partial charge in [0.15, 0.2) is 12.6 Å². The quantitative estimate of drug-likeness (QED) is 0.678. The fourth-order valence-corrected chi connectivity index (χ4v) is 2.62. The van der Waals surface area contributed by atoms with Gasteiger partial charge >= 0.3 is 0 Å². The van der Waals surface area contributed by atoms with Gasteiger partial charge in [-0.1, -0.05) is 36.4 Å². The number of ether oxygens (including phenoxy) is 1. The molecular formula is C19H14O3. The number of carbonyl (C=O) groups is 2. The Balaban J connectivity index is 2.23. The van der Waals surface area contributed by atoms with Gasteiger partial charge < -0.3 is 4.74 Å². The first kappa shape index (κ1) is 14.0. The number of hydrogen-bond acceptors (Lipinski definition) is 3. The third-order valence-electron chi connectivity index (χ3n) is 3.72. The lowest BCUT2D eigenvalue weighted by Crippen LogP contribution is -1.94. The molecule has 0 aromatic heterocycles. The number of aldehydes is 2. The van der Waals surface area contributed by atoms with Crippen LogP contribution in [0.1, 0.15) is 20.7 Å². The predicted molar refractivity (Wildman–Crippen MR) is 86.7 cm³/mol. The third-order valence-corrected chi connectivity index (χ3v) is 3.72. The highest BCUT2D eigenvalue weighted by Gasteiger charge is 2.10. The fraction of sp³-hybridized carbons (Fsp3) is 0.0526. The minimum absolute atomic E-state index is 0.512. The van der Waals surface area contributed by atoms with Crippen LogP contribution in [-0.4, -0.2) is 19.7 Å². The number of benzene rings is 3. The number of fused-ring (bicyclic) bond motifs is 1. The van der Waals surface area contributed by atoms with Crippen LogP contribution in [0.15, 0.2) is 54.6 Å². The summed E-state index contributed by atoms with van der Waals surface area (Å²) < 4.78 is 5.22. The lowest BCUT2D eigenvalue weighted by molar-refractivity contribution is 0.112. The number of carbonyl (C=O) groups excluding carboxylic acids is 2. The second-order valence-electron chi connectivity index (χ2n) is 4.98. The van der Waals surface area contributed by atoms with Gasteiger partial charge in [-0.2, -0.15) is 0 Å². The predicted octanol–water partition coefficient (Wildman–Crippen LogP) is 4.14. The van der Waals surface area contributed by atoms with E-state index >= 15 is 0 Å². The first-order valence-corrected chi connectivity index (χ1v) is 6.88. The molecule has 3 aromatic rings. The van der Waals surface area contributed by atoms with Crippen LogP contribution in [0.4, 0.5) is 0 Å². The smallest absolute Gasteiger partial charge is 0.150 e. The van der Waals surface area contributed by atoms with E-state index in [-0.39, 0.29) is 0 Å². The maximum atomic E-state index is 11.3. The Kier molecular flexibility index (Phi) is 3.71. The summed E-state index contributed by atoms with van der Waals surface area (Å²) in [4.78, 5) is 22.6. The normalized spacial score (nSPS) is 10.4. The van der Waals surface area contributed by atoms with E-state index in [4.69, 9.17) is 4.74 Å². The van der Waals surface area contributed by atoms with Gasteiger partial charge in [-0.05, 0) is 34.5 Å². The highest BCUT2D eigenvalue weighted by Crippen LogP contribution is 2.30. The molecule has 0 radical (unpaired) electrons. The minimum atomic E-state index is 0.512. The molecule has 3 aromatic carbocycles. The molecule has 0 fully saturated rings. The van der Waals surface area contributed by atoms with Gasteiger partial charge in [-0.3, -0.25) is 9.59 Å². The van der Waals surface area contributed by atoms with Gasteiger partial charge in [-0.15, -0.1) is 0 Å². The lowest BCUT2D eigenvalue weighted by Gasteiger charge is -2.10. The van der Waals surface area contributed by atoms with Crippen LogP contribution >= 0.6 is 0 Å². The third kappa shape index (κ3) is 2.37. The maximum absolute atomic E-state index is 11.3. The summed E-state index contributed by atoms with van der Waals surface area (Å²) in [7, 11) is 1.63. The zero-order chi connectivity index (χ0) is 15.5. The van der Waals surface area contributed by atoms with Crippen LogP contribution in [-0.2, 0) is 0 Å². The molecule has 0 saturated heterocycles. The van der Waals surface area contributed by atoms with E-state index in [9.17, 15) is 9.59 Å². The SMILES string of the molecule is COc1ccc2cc(-c3c(C=O)cccc3C=O)ccc2c1.